The van der Waals surface area contributed by atoms with E-state index in [9.17, 15) is 4.79 Å². The van der Waals surface area contributed by atoms with Crippen LogP contribution in [0.4, 0.5) is 5.13 Å². The topological polar surface area (TPSA) is 58.6 Å². The van der Waals surface area contributed by atoms with Gasteiger partial charge in [0.15, 0.2) is 5.01 Å². The zero-order valence-electron chi connectivity index (χ0n) is 16.4. The third-order valence-corrected chi connectivity index (χ3v) is 6.90. The number of nitrogens with zero attached hydrogens (tertiary/aromatic N) is 4. The molecule has 152 valence electrons. The highest BCUT2D eigenvalue weighted by molar-refractivity contribution is 7.22. The van der Waals surface area contributed by atoms with Gasteiger partial charge in [0.2, 0.25) is 11.0 Å². The summed E-state index contributed by atoms with van der Waals surface area (Å²) in [5.41, 5.74) is 1.21. The van der Waals surface area contributed by atoms with Crippen LogP contribution in [0.1, 0.15) is 18.4 Å². The number of hydrogen-bond donors (Lipinski definition) is 0. The summed E-state index contributed by atoms with van der Waals surface area (Å²) in [7, 11) is 0. The fraction of sp³-hybridized carbons (Fsp3) is 0.381. The molecule has 3 aromatic rings. The van der Waals surface area contributed by atoms with Gasteiger partial charge in [0, 0.05) is 32.6 Å². The number of anilines is 1. The lowest BCUT2D eigenvalue weighted by atomic mass is 10.2. The van der Waals surface area contributed by atoms with Crippen molar-refractivity contribution in [1.82, 2.24) is 15.1 Å². The molecule has 1 fully saturated rings. The summed E-state index contributed by atoms with van der Waals surface area (Å²) < 4.78 is 5.71. The van der Waals surface area contributed by atoms with E-state index < -0.39 is 0 Å². The van der Waals surface area contributed by atoms with Crippen LogP contribution in [0.5, 0.6) is 5.75 Å². The molecular weight excluding hydrogens is 404 g/mol. The molecule has 6 nitrogen and oxygen atoms in total. The normalized spacial score (nSPS) is 14.2. The zero-order chi connectivity index (χ0) is 20.1. The Balaban J connectivity index is 1.19. The summed E-state index contributed by atoms with van der Waals surface area (Å²) in [6, 6.07) is 12.1. The summed E-state index contributed by atoms with van der Waals surface area (Å²) in [6.07, 6.45) is 1.25. The van der Waals surface area contributed by atoms with Gasteiger partial charge in [-0.1, -0.05) is 35.1 Å². The van der Waals surface area contributed by atoms with Gasteiger partial charge in [-0.2, -0.15) is 0 Å². The minimum absolute atomic E-state index is 0.202. The maximum Gasteiger partial charge on any atom is 0.222 e. The van der Waals surface area contributed by atoms with Crippen LogP contribution >= 0.6 is 22.7 Å². The highest BCUT2D eigenvalue weighted by atomic mass is 32.1. The van der Waals surface area contributed by atoms with Crippen molar-refractivity contribution in [2.24, 2.45) is 0 Å². The third kappa shape index (κ3) is 5.13. The number of thiophene rings is 1. The standard InChI is InChI=1S/C21H24N4O2S2/c1-16-6-8-17(9-7-16)27-14-2-5-19(26)24-10-12-25(13-11-24)21-23-22-20(29-21)18-4-3-15-28-18/h3-4,6-9,15H,2,5,10-14H2,1H3. The van der Waals surface area contributed by atoms with Gasteiger partial charge in [0.05, 0.1) is 11.5 Å². The van der Waals surface area contributed by atoms with Crippen LogP contribution < -0.4 is 9.64 Å². The molecule has 1 aromatic carbocycles. The largest absolute Gasteiger partial charge is 0.494 e. The number of amides is 1. The van der Waals surface area contributed by atoms with Gasteiger partial charge in [-0.3, -0.25) is 4.79 Å². The van der Waals surface area contributed by atoms with E-state index in [4.69, 9.17) is 4.74 Å². The zero-order valence-corrected chi connectivity index (χ0v) is 18.0. The van der Waals surface area contributed by atoms with Gasteiger partial charge in [-0.15, -0.1) is 21.5 Å². The molecule has 4 rings (SSSR count). The Hall–Kier alpha value is -2.45. The van der Waals surface area contributed by atoms with Crippen LogP contribution in [0.25, 0.3) is 9.88 Å². The summed E-state index contributed by atoms with van der Waals surface area (Å²) >= 11 is 3.29. The van der Waals surface area contributed by atoms with Crippen LogP contribution in [-0.4, -0.2) is 53.8 Å². The van der Waals surface area contributed by atoms with E-state index >= 15 is 0 Å². The van der Waals surface area contributed by atoms with Crippen molar-refractivity contribution in [2.45, 2.75) is 19.8 Å². The fourth-order valence-corrected chi connectivity index (χ4v) is 4.88. The molecule has 0 unspecified atom stereocenters. The lowest BCUT2D eigenvalue weighted by molar-refractivity contribution is -0.131. The van der Waals surface area contributed by atoms with Crippen LogP contribution in [0, 0.1) is 6.92 Å². The molecule has 3 heterocycles. The van der Waals surface area contributed by atoms with E-state index in [2.05, 4.69) is 28.1 Å². The Morgan fingerprint density at radius 2 is 1.90 bits per heavy atom. The maximum absolute atomic E-state index is 12.5. The SMILES string of the molecule is Cc1ccc(OCCCC(=O)N2CCN(c3nnc(-c4cccs4)s3)CC2)cc1. The van der Waals surface area contributed by atoms with Gasteiger partial charge >= 0.3 is 0 Å². The minimum atomic E-state index is 0.202. The molecule has 0 spiro atoms. The van der Waals surface area contributed by atoms with E-state index in [0.29, 0.717) is 13.0 Å². The van der Waals surface area contributed by atoms with Gasteiger partial charge in [-0.05, 0) is 36.9 Å². The van der Waals surface area contributed by atoms with Gasteiger partial charge in [0.25, 0.3) is 0 Å². The average molecular weight is 429 g/mol. The van der Waals surface area contributed by atoms with Crippen molar-refractivity contribution in [3.05, 3.63) is 47.3 Å². The van der Waals surface area contributed by atoms with Crippen molar-refractivity contribution in [1.29, 1.82) is 0 Å². The van der Waals surface area contributed by atoms with Crippen molar-refractivity contribution in [3.8, 4) is 15.6 Å². The Morgan fingerprint density at radius 3 is 2.62 bits per heavy atom. The van der Waals surface area contributed by atoms with Crippen molar-refractivity contribution in [2.75, 3.05) is 37.7 Å². The molecule has 0 aliphatic carbocycles. The molecule has 1 amide bonds. The van der Waals surface area contributed by atoms with Gasteiger partial charge in [-0.25, -0.2) is 0 Å². The summed E-state index contributed by atoms with van der Waals surface area (Å²) in [5.74, 6) is 1.06. The quantitative estimate of drug-likeness (QED) is 0.531. The Morgan fingerprint density at radius 1 is 1.10 bits per heavy atom. The predicted octanol–water partition coefficient (Wildman–Crippen LogP) is 4.08. The molecule has 0 atom stereocenters. The van der Waals surface area contributed by atoms with Crippen LogP contribution in [0.3, 0.4) is 0 Å². The molecule has 29 heavy (non-hydrogen) atoms. The number of hydrogen-bond acceptors (Lipinski definition) is 7. The van der Waals surface area contributed by atoms with Crippen molar-refractivity contribution in [3.63, 3.8) is 0 Å². The Kier molecular flexibility index (Phi) is 6.41. The van der Waals surface area contributed by atoms with E-state index in [1.54, 1.807) is 22.7 Å². The van der Waals surface area contributed by atoms with E-state index in [0.717, 1.165) is 53.4 Å². The molecule has 2 aromatic heterocycles. The first-order valence-corrected chi connectivity index (χ1v) is 11.5. The van der Waals surface area contributed by atoms with Crippen LogP contribution in [-0.2, 0) is 4.79 Å². The molecule has 0 radical (unpaired) electrons. The van der Waals surface area contributed by atoms with Crippen molar-refractivity contribution >= 4 is 33.7 Å². The average Bonchev–Trinajstić information content (AvgIpc) is 3.44. The number of rotatable bonds is 7. The van der Waals surface area contributed by atoms with E-state index in [1.165, 1.54) is 5.56 Å². The summed E-state index contributed by atoms with van der Waals surface area (Å²) in [5, 5.41) is 12.6. The number of carbonyl (C=O) groups is 1. The number of ether oxygens (including phenoxy) is 1. The molecule has 0 N–H and O–H groups in total. The minimum Gasteiger partial charge on any atom is -0.494 e. The molecule has 1 aliphatic rings. The van der Waals surface area contributed by atoms with Crippen LogP contribution in [0.2, 0.25) is 0 Å². The van der Waals surface area contributed by atoms with Crippen molar-refractivity contribution < 1.29 is 9.53 Å². The fourth-order valence-electron chi connectivity index (χ4n) is 3.20. The second-order valence-corrected chi connectivity index (χ2v) is 8.90. The first kappa shape index (κ1) is 19.8. The number of piperazine rings is 1. The molecule has 1 aliphatic heterocycles. The smallest absolute Gasteiger partial charge is 0.222 e. The first-order chi connectivity index (χ1) is 14.2. The molecule has 8 heteroatoms. The second-order valence-electron chi connectivity index (χ2n) is 7.00. The number of carbonyl (C=O) groups excluding carboxylic acids is 1. The summed E-state index contributed by atoms with van der Waals surface area (Å²) in [6.45, 7) is 5.66. The van der Waals surface area contributed by atoms with Gasteiger partial charge < -0.3 is 14.5 Å². The summed E-state index contributed by atoms with van der Waals surface area (Å²) in [4.78, 5) is 17.8. The number of benzene rings is 1. The first-order valence-electron chi connectivity index (χ1n) is 9.78. The molecule has 1 saturated heterocycles. The lowest BCUT2D eigenvalue weighted by Crippen LogP contribution is -2.48. The number of aromatic nitrogens is 2. The monoisotopic (exact) mass is 428 g/mol. The maximum atomic E-state index is 12.5. The number of aryl methyl sites for hydroxylation is 1. The Labute approximate surface area is 178 Å². The molecule has 0 saturated carbocycles. The van der Waals surface area contributed by atoms with Crippen LogP contribution in [0.15, 0.2) is 41.8 Å². The highest BCUT2D eigenvalue weighted by Crippen LogP contribution is 2.31. The van der Waals surface area contributed by atoms with E-state index in [-0.39, 0.29) is 5.91 Å². The highest BCUT2D eigenvalue weighted by Gasteiger charge is 2.23. The molecular formula is C21H24N4O2S2. The lowest BCUT2D eigenvalue weighted by Gasteiger charge is -2.34. The molecule has 0 bridgehead atoms. The second kappa shape index (κ2) is 9.37. The Bertz CT molecular complexity index is 917. The van der Waals surface area contributed by atoms with Gasteiger partial charge in [0.1, 0.15) is 5.75 Å². The predicted molar refractivity (Wildman–Crippen MR) is 118 cm³/mol. The van der Waals surface area contributed by atoms with E-state index in [1.807, 2.05) is 40.6 Å². The third-order valence-electron chi connectivity index (χ3n) is 4.87.